The van der Waals surface area contributed by atoms with Gasteiger partial charge in [0.2, 0.25) is 0 Å². The molecule has 0 aliphatic heterocycles. The van der Waals surface area contributed by atoms with E-state index in [4.69, 9.17) is 5.73 Å². The Morgan fingerprint density at radius 2 is 2.08 bits per heavy atom. The lowest BCUT2D eigenvalue weighted by atomic mass is 9.97. The van der Waals surface area contributed by atoms with Crippen molar-refractivity contribution >= 4 is 22.5 Å². The van der Waals surface area contributed by atoms with Crippen LogP contribution in [0.15, 0.2) is 42.2 Å². The number of nitrogens with one attached hydrogen (secondary N) is 1. The van der Waals surface area contributed by atoms with Gasteiger partial charge in [0.05, 0.1) is 5.52 Å². The third-order valence-electron chi connectivity index (χ3n) is 4.54. The van der Waals surface area contributed by atoms with E-state index in [0.29, 0.717) is 17.3 Å². The van der Waals surface area contributed by atoms with Gasteiger partial charge in [-0.05, 0) is 44.2 Å². The molecule has 3 aromatic rings. The monoisotopic (exact) mass is 335 g/mol. The summed E-state index contributed by atoms with van der Waals surface area (Å²) in [6, 6.07) is 7.72. The number of hydrogen-bond donors (Lipinski definition) is 2. The highest BCUT2D eigenvalue weighted by molar-refractivity contribution is 5.78. The van der Waals surface area contributed by atoms with Gasteiger partial charge in [-0.3, -0.25) is 0 Å². The molecule has 1 aliphatic rings. The number of benzene rings is 1. The minimum atomic E-state index is 0.482. The molecule has 0 fully saturated rings. The minimum Gasteiger partial charge on any atom is -0.393 e. The molecule has 128 valence electrons. The van der Waals surface area contributed by atoms with Gasteiger partial charge >= 0.3 is 0 Å². The molecule has 7 nitrogen and oxygen atoms in total. The summed E-state index contributed by atoms with van der Waals surface area (Å²) < 4.78 is 1.65. The van der Waals surface area contributed by atoms with E-state index in [2.05, 4.69) is 31.7 Å². The van der Waals surface area contributed by atoms with Crippen LogP contribution < -0.4 is 11.1 Å². The van der Waals surface area contributed by atoms with Crippen LogP contribution in [0.5, 0.6) is 0 Å². The number of aromatic nitrogens is 5. The maximum atomic E-state index is 6.29. The zero-order valence-corrected chi connectivity index (χ0v) is 14.0. The highest BCUT2D eigenvalue weighted by atomic mass is 15.4. The molecule has 2 heterocycles. The SMILES string of the molecule is Nc1c(NCCC2=CCCCC2)ncnc1-n1nnc2ccccc21. The van der Waals surface area contributed by atoms with Gasteiger partial charge in [-0.15, -0.1) is 5.10 Å². The molecule has 0 spiro atoms. The van der Waals surface area contributed by atoms with Gasteiger partial charge in [-0.1, -0.05) is 29.0 Å². The zero-order valence-electron chi connectivity index (χ0n) is 14.0. The van der Waals surface area contributed by atoms with Gasteiger partial charge in [0, 0.05) is 6.54 Å². The maximum Gasteiger partial charge on any atom is 0.184 e. The second kappa shape index (κ2) is 6.88. The predicted molar refractivity (Wildman–Crippen MR) is 98.5 cm³/mol. The number of allylic oxidation sites excluding steroid dienone is 1. The Morgan fingerprint density at radius 3 is 2.96 bits per heavy atom. The number of rotatable bonds is 5. The van der Waals surface area contributed by atoms with E-state index in [1.54, 1.807) is 4.68 Å². The second-order valence-corrected chi connectivity index (χ2v) is 6.23. The van der Waals surface area contributed by atoms with Crippen LogP contribution in [-0.2, 0) is 0 Å². The van der Waals surface area contributed by atoms with Crippen LogP contribution >= 0.6 is 0 Å². The fourth-order valence-electron chi connectivity index (χ4n) is 3.19. The van der Waals surface area contributed by atoms with Crippen LogP contribution in [-0.4, -0.2) is 31.5 Å². The topological polar surface area (TPSA) is 94.5 Å². The lowest BCUT2D eigenvalue weighted by Crippen LogP contribution is -2.12. The van der Waals surface area contributed by atoms with E-state index in [-0.39, 0.29) is 0 Å². The van der Waals surface area contributed by atoms with E-state index in [1.165, 1.54) is 37.6 Å². The van der Waals surface area contributed by atoms with Crippen LogP contribution in [0.4, 0.5) is 11.5 Å². The molecule has 0 saturated carbocycles. The first-order chi connectivity index (χ1) is 12.3. The molecule has 2 aromatic heterocycles. The average Bonchev–Trinajstić information content (AvgIpc) is 3.08. The molecule has 0 saturated heterocycles. The van der Waals surface area contributed by atoms with E-state index in [1.807, 2.05) is 24.3 Å². The molecule has 0 bridgehead atoms. The summed E-state index contributed by atoms with van der Waals surface area (Å²) in [6.07, 6.45) is 9.90. The summed E-state index contributed by atoms with van der Waals surface area (Å²) >= 11 is 0. The Labute approximate surface area is 146 Å². The smallest absolute Gasteiger partial charge is 0.184 e. The fourth-order valence-corrected chi connectivity index (χ4v) is 3.19. The summed E-state index contributed by atoms with van der Waals surface area (Å²) in [4.78, 5) is 8.59. The quantitative estimate of drug-likeness (QED) is 0.696. The lowest BCUT2D eigenvalue weighted by Gasteiger charge is -2.14. The summed E-state index contributed by atoms with van der Waals surface area (Å²) in [5, 5.41) is 11.7. The van der Waals surface area contributed by atoms with Crippen molar-refractivity contribution in [3.63, 3.8) is 0 Å². The van der Waals surface area contributed by atoms with Crippen LogP contribution in [0.3, 0.4) is 0 Å². The Bertz CT molecular complexity index is 913. The molecule has 3 N–H and O–H groups in total. The summed E-state index contributed by atoms with van der Waals surface area (Å²) in [5.74, 6) is 1.18. The van der Waals surface area contributed by atoms with Crippen LogP contribution in [0.25, 0.3) is 16.9 Å². The van der Waals surface area contributed by atoms with Crippen LogP contribution in [0, 0.1) is 0 Å². The second-order valence-electron chi connectivity index (χ2n) is 6.23. The molecule has 0 amide bonds. The third kappa shape index (κ3) is 3.17. The Kier molecular flexibility index (Phi) is 4.28. The predicted octanol–water partition coefficient (Wildman–Crippen LogP) is 3.10. The Hall–Kier alpha value is -2.96. The van der Waals surface area contributed by atoms with Crippen molar-refractivity contribution in [2.75, 3.05) is 17.6 Å². The summed E-state index contributed by atoms with van der Waals surface area (Å²) in [7, 11) is 0. The van der Waals surface area contributed by atoms with E-state index in [9.17, 15) is 0 Å². The number of anilines is 2. The van der Waals surface area contributed by atoms with Gasteiger partial charge in [0.1, 0.15) is 17.5 Å². The first-order valence-corrected chi connectivity index (χ1v) is 8.66. The van der Waals surface area contributed by atoms with Crippen molar-refractivity contribution in [1.82, 2.24) is 25.0 Å². The fraction of sp³-hybridized carbons (Fsp3) is 0.333. The van der Waals surface area contributed by atoms with Gasteiger partial charge in [0.25, 0.3) is 0 Å². The standard InChI is InChI=1S/C18H21N7/c19-16-17(20-11-10-13-6-2-1-3-7-13)21-12-22-18(16)25-15-9-5-4-8-14(15)23-24-25/h4-6,8-9,12H,1-3,7,10-11,19H2,(H,20,21,22). The molecule has 4 rings (SSSR count). The maximum absolute atomic E-state index is 6.29. The van der Waals surface area contributed by atoms with Crippen LogP contribution in [0.1, 0.15) is 32.1 Å². The third-order valence-corrected chi connectivity index (χ3v) is 4.54. The van der Waals surface area contributed by atoms with E-state index >= 15 is 0 Å². The lowest BCUT2D eigenvalue weighted by molar-refractivity contribution is 0.679. The Balaban J connectivity index is 1.55. The van der Waals surface area contributed by atoms with Crippen molar-refractivity contribution in [3.8, 4) is 5.82 Å². The number of para-hydroxylation sites is 1. The number of fused-ring (bicyclic) bond motifs is 1. The summed E-state index contributed by atoms with van der Waals surface area (Å²) in [5.41, 5.74) is 9.97. The molecule has 1 aliphatic carbocycles. The number of nitrogens with two attached hydrogens (primary N) is 1. The van der Waals surface area contributed by atoms with Gasteiger partial charge < -0.3 is 11.1 Å². The molecule has 1 aromatic carbocycles. The van der Waals surface area contributed by atoms with Gasteiger partial charge in [-0.2, -0.15) is 4.68 Å². The zero-order chi connectivity index (χ0) is 17.1. The van der Waals surface area contributed by atoms with Crippen molar-refractivity contribution in [2.24, 2.45) is 0 Å². The molecule has 7 heteroatoms. The summed E-state index contributed by atoms with van der Waals surface area (Å²) in [6.45, 7) is 0.810. The number of hydrogen-bond acceptors (Lipinski definition) is 6. The number of nitrogens with zero attached hydrogens (tertiary/aromatic N) is 5. The molecular weight excluding hydrogens is 314 g/mol. The van der Waals surface area contributed by atoms with E-state index in [0.717, 1.165) is 24.0 Å². The normalized spacial score (nSPS) is 14.5. The molecule has 0 atom stereocenters. The minimum absolute atomic E-state index is 0.482. The highest BCUT2D eigenvalue weighted by Gasteiger charge is 2.14. The van der Waals surface area contributed by atoms with Gasteiger partial charge in [0.15, 0.2) is 11.6 Å². The van der Waals surface area contributed by atoms with E-state index < -0.39 is 0 Å². The van der Waals surface area contributed by atoms with Gasteiger partial charge in [-0.25, -0.2) is 9.97 Å². The van der Waals surface area contributed by atoms with Crippen molar-refractivity contribution in [3.05, 3.63) is 42.2 Å². The van der Waals surface area contributed by atoms with Crippen molar-refractivity contribution < 1.29 is 0 Å². The van der Waals surface area contributed by atoms with Crippen molar-refractivity contribution in [2.45, 2.75) is 32.1 Å². The molecule has 0 unspecified atom stereocenters. The Morgan fingerprint density at radius 1 is 1.16 bits per heavy atom. The molecular formula is C18H21N7. The average molecular weight is 335 g/mol. The number of nitrogen functional groups attached to an aromatic ring is 1. The first kappa shape index (κ1) is 15.6. The van der Waals surface area contributed by atoms with Crippen LogP contribution in [0.2, 0.25) is 0 Å². The largest absolute Gasteiger partial charge is 0.393 e. The first-order valence-electron chi connectivity index (χ1n) is 8.66. The molecule has 0 radical (unpaired) electrons. The van der Waals surface area contributed by atoms with Crippen molar-refractivity contribution in [1.29, 1.82) is 0 Å². The highest BCUT2D eigenvalue weighted by Crippen LogP contribution is 2.25. The molecule has 25 heavy (non-hydrogen) atoms.